The summed E-state index contributed by atoms with van der Waals surface area (Å²) in [6, 6.07) is 5.98. The normalized spacial score (nSPS) is 10.9. The van der Waals surface area contributed by atoms with Crippen molar-refractivity contribution in [3.05, 3.63) is 33.9 Å². The molecule has 0 amide bonds. The number of halogens is 1. The summed E-state index contributed by atoms with van der Waals surface area (Å²) in [7, 11) is 0. The van der Waals surface area contributed by atoms with Gasteiger partial charge in [0.05, 0.1) is 5.69 Å². The van der Waals surface area contributed by atoms with Crippen LogP contribution in [0.1, 0.15) is 11.3 Å². The van der Waals surface area contributed by atoms with E-state index in [1.54, 1.807) is 0 Å². The topological polar surface area (TPSA) is 77.8 Å². The summed E-state index contributed by atoms with van der Waals surface area (Å²) >= 11 is 4.86. The van der Waals surface area contributed by atoms with Crippen molar-refractivity contribution >= 4 is 32.4 Å². The molecule has 0 unspecified atom stereocenters. The smallest absolute Gasteiger partial charge is 0.270 e. The molecule has 2 aromatic heterocycles. The Labute approximate surface area is 128 Å². The minimum absolute atomic E-state index is 0.444. The number of hydrogen-bond donors (Lipinski definition) is 1. The van der Waals surface area contributed by atoms with Crippen LogP contribution in [0, 0.1) is 13.8 Å². The van der Waals surface area contributed by atoms with Crippen LogP contribution in [0.4, 0.5) is 5.13 Å². The van der Waals surface area contributed by atoms with Gasteiger partial charge in [0.2, 0.25) is 5.82 Å². The third-order valence-electron chi connectivity index (χ3n) is 2.80. The van der Waals surface area contributed by atoms with Crippen molar-refractivity contribution in [3.8, 4) is 22.2 Å². The molecule has 0 aliphatic heterocycles. The molecule has 5 nitrogen and oxygen atoms in total. The zero-order chi connectivity index (χ0) is 14.3. The Hall–Kier alpha value is -1.73. The maximum atomic E-state index is 5.69. The van der Waals surface area contributed by atoms with E-state index in [1.807, 2.05) is 32.0 Å². The highest BCUT2D eigenvalue weighted by Crippen LogP contribution is 2.33. The summed E-state index contributed by atoms with van der Waals surface area (Å²) in [4.78, 5) is 9.39. The van der Waals surface area contributed by atoms with Crippen LogP contribution >= 0.6 is 27.3 Å². The fourth-order valence-corrected chi connectivity index (χ4v) is 3.27. The number of aryl methyl sites for hydroxylation is 2. The standard InChI is InChI=1S/C13H11BrN4OS/c1-6-3-4-8(9(14)5-6)11-17-12(19-18-11)10-7(2)16-13(15)20-10/h3-5H,1-2H3,(H2,15,16). The molecule has 3 rings (SSSR count). The first-order valence-corrected chi connectivity index (χ1v) is 7.49. The molecule has 0 aliphatic carbocycles. The fraction of sp³-hybridized carbons (Fsp3) is 0.154. The number of nitrogens with zero attached hydrogens (tertiary/aromatic N) is 3. The second-order valence-electron chi connectivity index (χ2n) is 4.37. The van der Waals surface area contributed by atoms with E-state index in [0.717, 1.165) is 26.2 Å². The van der Waals surface area contributed by atoms with Crippen LogP contribution in [0.5, 0.6) is 0 Å². The molecule has 1 aromatic carbocycles. The molecular formula is C13H11BrN4OS. The molecule has 0 atom stereocenters. The molecule has 0 radical (unpaired) electrons. The first-order chi connectivity index (χ1) is 9.54. The number of anilines is 1. The van der Waals surface area contributed by atoms with E-state index in [4.69, 9.17) is 10.3 Å². The Balaban J connectivity index is 2.04. The quantitative estimate of drug-likeness (QED) is 0.759. The van der Waals surface area contributed by atoms with Crippen molar-refractivity contribution in [1.82, 2.24) is 15.1 Å². The summed E-state index contributed by atoms with van der Waals surface area (Å²) in [5.74, 6) is 0.984. The van der Waals surface area contributed by atoms with Gasteiger partial charge in [-0.15, -0.1) is 0 Å². The zero-order valence-corrected chi connectivity index (χ0v) is 13.2. The van der Waals surface area contributed by atoms with E-state index in [0.29, 0.717) is 16.8 Å². The Morgan fingerprint density at radius 2 is 2.05 bits per heavy atom. The van der Waals surface area contributed by atoms with E-state index in [9.17, 15) is 0 Å². The average Bonchev–Trinajstić information content (AvgIpc) is 2.96. The summed E-state index contributed by atoms with van der Waals surface area (Å²) in [5.41, 5.74) is 8.53. The molecule has 0 spiro atoms. The lowest BCUT2D eigenvalue weighted by Crippen LogP contribution is -1.84. The molecule has 0 saturated heterocycles. The highest BCUT2D eigenvalue weighted by atomic mass is 79.9. The molecule has 2 heterocycles. The first kappa shape index (κ1) is 13.3. The highest BCUT2D eigenvalue weighted by Gasteiger charge is 2.17. The summed E-state index contributed by atoms with van der Waals surface area (Å²) in [6.45, 7) is 3.90. The van der Waals surface area contributed by atoms with E-state index < -0.39 is 0 Å². The predicted octanol–water partition coefficient (Wildman–Crippen LogP) is 3.82. The summed E-state index contributed by atoms with van der Waals surface area (Å²) < 4.78 is 6.25. The van der Waals surface area contributed by atoms with Gasteiger partial charge in [0.1, 0.15) is 4.88 Å². The first-order valence-electron chi connectivity index (χ1n) is 5.88. The fourth-order valence-electron chi connectivity index (χ4n) is 1.84. The average molecular weight is 351 g/mol. The molecule has 20 heavy (non-hydrogen) atoms. The molecule has 102 valence electrons. The van der Waals surface area contributed by atoms with E-state index in [-0.39, 0.29) is 0 Å². The number of nitrogen functional groups attached to an aromatic ring is 1. The molecule has 0 fully saturated rings. The molecule has 0 aliphatic rings. The van der Waals surface area contributed by atoms with Crippen molar-refractivity contribution < 1.29 is 4.52 Å². The minimum Gasteiger partial charge on any atom is -0.375 e. The lowest BCUT2D eigenvalue weighted by Gasteiger charge is -1.99. The zero-order valence-electron chi connectivity index (χ0n) is 10.8. The number of nitrogens with two attached hydrogens (primary N) is 1. The van der Waals surface area contributed by atoms with Gasteiger partial charge in [-0.1, -0.05) is 38.5 Å². The van der Waals surface area contributed by atoms with Crippen molar-refractivity contribution in [3.63, 3.8) is 0 Å². The summed E-state index contributed by atoms with van der Waals surface area (Å²) in [5, 5.41) is 4.52. The van der Waals surface area contributed by atoms with Gasteiger partial charge < -0.3 is 10.3 Å². The Kier molecular flexibility index (Phi) is 3.31. The monoisotopic (exact) mass is 350 g/mol. The van der Waals surface area contributed by atoms with Crippen molar-refractivity contribution in [1.29, 1.82) is 0 Å². The number of hydrogen-bond acceptors (Lipinski definition) is 6. The van der Waals surface area contributed by atoms with Crippen molar-refractivity contribution in [2.75, 3.05) is 5.73 Å². The number of benzene rings is 1. The maximum absolute atomic E-state index is 5.69. The lowest BCUT2D eigenvalue weighted by atomic mass is 10.1. The number of thiazole rings is 1. The Bertz CT molecular complexity index is 781. The third kappa shape index (κ3) is 2.34. The van der Waals surface area contributed by atoms with Crippen molar-refractivity contribution in [2.45, 2.75) is 13.8 Å². The largest absolute Gasteiger partial charge is 0.375 e. The van der Waals surface area contributed by atoms with Gasteiger partial charge in [0, 0.05) is 10.0 Å². The second kappa shape index (κ2) is 4.99. The predicted molar refractivity (Wildman–Crippen MR) is 82.4 cm³/mol. The van der Waals surface area contributed by atoms with Gasteiger partial charge in [-0.25, -0.2) is 4.98 Å². The van der Waals surface area contributed by atoms with Gasteiger partial charge in [0.25, 0.3) is 5.89 Å². The van der Waals surface area contributed by atoms with Gasteiger partial charge >= 0.3 is 0 Å². The Morgan fingerprint density at radius 1 is 1.25 bits per heavy atom. The third-order valence-corrected chi connectivity index (χ3v) is 4.43. The maximum Gasteiger partial charge on any atom is 0.270 e. The summed E-state index contributed by atoms with van der Waals surface area (Å²) in [6.07, 6.45) is 0. The van der Waals surface area contributed by atoms with Crippen LogP contribution in [0.3, 0.4) is 0 Å². The van der Waals surface area contributed by atoms with Gasteiger partial charge in [-0.05, 0) is 31.5 Å². The molecule has 7 heteroatoms. The minimum atomic E-state index is 0.444. The van der Waals surface area contributed by atoms with Crippen molar-refractivity contribution in [2.24, 2.45) is 0 Å². The van der Waals surface area contributed by atoms with E-state index in [1.165, 1.54) is 11.3 Å². The van der Waals surface area contributed by atoms with Gasteiger partial charge in [-0.3, -0.25) is 0 Å². The van der Waals surface area contributed by atoms with Crippen LogP contribution < -0.4 is 5.73 Å². The SMILES string of the molecule is Cc1ccc(-c2noc(-c3sc(N)nc3C)n2)c(Br)c1. The van der Waals surface area contributed by atoms with E-state index in [2.05, 4.69) is 31.1 Å². The van der Waals surface area contributed by atoms with Crippen LogP contribution in [0.25, 0.3) is 22.2 Å². The van der Waals surface area contributed by atoms with Crippen LogP contribution in [0.15, 0.2) is 27.2 Å². The molecule has 0 bridgehead atoms. The highest BCUT2D eigenvalue weighted by molar-refractivity contribution is 9.10. The van der Waals surface area contributed by atoms with Crippen LogP contribution in [0.2, 0.25) is 0 Å². The van der Waals surface area contributed by atoms with Gasteiger partial charge in [-0.2, -0.15) is 4.98 Å². The van der Waals surface area contributed by atoms with E-state index >= 15 is 0 Å². The molecule has 0 saturated carbocycles. The Morgan fingerprint density at radius 3 is 2.70 bits per heavy atom. The van der Waals surface area contributed by atoms with Crippen LogP contribution in [-0.4, -0.2) is 15.1 Å². The molecular weight excluding hydrogens is 340 g/mol. The van der Waals surface area contributed by atoms with Gasteiger partial charge in [0.15, 0.2) is 5.13 Å². The lowest BCUT2D eigenvalue weighted by molar-refractivity contribution is 0.433. The second-order valence-corrected chi connectivity index (χ2v) is 6.26. The van der Waals surface area contributed by atoms with Crippen LogP contribution in [-0.2, 0) is 0 Å². The number of rotatable bonds is 2. The molecule has 2 N–H and O–H groups in total. The molecule has 3 aromatic rings. The number of aromatic nitrogens is 3.